The standard InChI is InChI=1S/C12H13BrN2/c1-2-8-15-9-7-14-12(15)10-3-5-11(13)6-4-10/h3-7,9H,2,8H2,1H3/p+1. The van der Waals surface area contributed by atoms with Gasteiger partial charge < -0.3 is 0 Å². The van der Waals surface area contributed by atoms with Crippen LogP contribution in [0.1, 0.15) is 13.3 Å². The predicted octanol–water partition coefficient (Wildman–Crippen LogP) is 3.14. The van der Waals surface area contributed by atoms with E-state index in [-0.39, 0.29) is 0 Å². The lowest BCUT2D eigenvalue weighted by Gasteiger charge is -1.99. The number of nitrogens with zero attached hydrogens (tertiary/aromatic N) is 1. The molecular formula is C12H14BrN2+. The Bertz CT molecular complexity index is 431. The summed E-state index contributed by atoms with van der Waals surface area (Å²) in [5, 5.41) is 0. The van der Waals surface area contributed by atoms with Crippen LogP contribution in [0.2, 0.25) is 0 Å². The molecule has 0 aliphatic heterocycles. The largest absolute Gasteiger partial charge is 0.286 e. The van der Waals surface area contributed by atoms with Gasteiger partial charge in [-0.15, -0.1) is 0 Å². The van der Waals surface area contributed by atoms with E-state index in [1.54, 1.807) is 0 Å². The van der Waals surface area contributed by atoms with E-state index in [0.717, 1.165) is 17.4 Å². The highest BCUT2D eigenvalue weighted by Gasteiger charge is 2.11. The Hall–Kier alpha value is -1.09. The zero-order valence-corrected chi connectivity index (χ0v) is 10.3. The Kier molecular flexibility index (Phi) is 3.21. The van der Waals surface area contributed by atoms with Gasteiger partial charge in [-0.2, -0.15) is 0 Å². The fourth-order valence-electron chi connectivity index (χ4n) is 1.65. The van der Waals surface area contributed by atoms with E-state index in [0.29, 0.717) is 0 Å². The lowest BCUT2D eigenvalue weighted by molar-refractivity contribution is -0.684. The number of hydrogen-bond donors (Lipinski definition) is 1. The third-order valence-electron chi connectivity index (χ3n) is 2.34. The van der Waals surface area contributed by atoms with E-state index in [2.05, 4.69) is 62.9 Å². The molecule has 0 bridgehead atoms. The lowest BCUT2D eigenvalue weighted by Crippen LogP contribution is -2.33. The second kappa shape index (κ2) is 4.62. The molecule has 0 atom stereocenters. The van der Waals surface area contributed by atoms with Gasteiger partial charge in [0.15, 0.2) is 0 Å². The molecule has 3 heteroatoms. The Morgan fingerprint density at radius 3 is 2.67 bits per heavy atom. The number of H-pyrrole nitrogens is 1. The number of aromatic nitrogens is 2. The van der Waals surface area contributed by atoms with Crippen molar-refractivity contribution in [2.75, 3.05) is 0 Å². The molecule has 0 fully saturated rings. The van der Waals surface area contributed by atoms with Crippen molar-refractivity contribution in [3.05, 3.63) is 41.1 Å². The average Bonchev–Trinajstić information content (AvgIpc) is 2.68. The number of aromatic amines is 1. The molecule has 2 nitrogen and oxygen atoms in total. The topological polar surface area (TPSA) is 19.7 Å². The number of halogens is 1. The minimum Gasteiger partial charge on any atom is -0.243 e. The van der Waals surface area contributed by atoms with E-state index in [1.807, 2.05) is 6.20 Å². The number of nitrogens with one attached hydrogen (secondary N) is 1. The monoisotopic (exact) mass is 265 g/mol. The van der Waals surface area contributed by atoms with Crippen LogP contribution in [0.15, 0.2) is 41.1 Å². The smallest absolute Gasteiger partial charge is 0.243 e. The maximum Gasteiger partial charge on any atom is 0.286 e. The quantitative estimate of drug-likeness (QED) is 0.823. The highest BCUT2D eigenvalue weighted by Crippen LogP contribution is 2.17. The first-order chi connectivity index (χ1) is 7.31. The first-order valence-corrected chi connectivity index (χ1v) is 5.93. The number of hydrogen-bond acceptors (Lipinski definition) is 0. The molecule has 2 aromatic rings. The fraction of sp³-hybridized carbons (Fsp3) is 0.250. The summed E-state index contributed by atoms with van der Waals surface area (Å²) in [7, 11) is 0. The van der Waals surface area contributed by atoms with Crippen LogP contribution in [-0.2, 0) is 6.54 Å². The second-order valence-corrected chi connectivity index (χ2v) is 4.42. The highest BCUT2D eigenvalue weighted by molar-refractivity contribution is 9.10. The lowest BCUT2D eigenvalue weighted by atomic mass is 10.2. The molecule has 1 N–H and O–H groups in total. The van der Waals surface area contributed by atoms with Crippen molar-refractivity contribution in [3.8, 4) is 11.4 Å². The summed E-state index contributed by atoms with van der Waals surface area (Å²) in [4.78, 5) is 3.27. The zero-order valence-electron chi connectivity index (χ0n) is 8.70. The normalized spacial score (nSPS) is 10.5. The Morgan fingerprint density at radius 1 is 1.27 bits per heavy atom. The van der Waals surface area contributed by atoms with E-state index in [4.69, 9.17) is 0 Å². The second-order valence-electron chi connectivity index (χ2n) is 3.51. The number of rotatable bonds is 3. The van der Waals surface area contributed by atoms with Gasteiger partial charge in [-0.25, -0.2) is 9.55 Å². The van der Waals surface area contributed by atoms with Crippen molar-refractivity contribution in [3.63, 3.8) is 0 Å². The van der Waals surface area contributed by atoms with Gasteiger partial charge in [0.2, 0.25) is 0 Å². The predicted molar refractivity (Wildman–Crippen MR) is 64.4 cm³/mol. The van der Waals surface area contributed by atoms with E-state index < -0.39 is 0 Å². The van der Waals surface area contributed by atoms with Gasteiger partial charge in [0, 0.05) is 4.47 Å². The van der Waals surface area contributed by atoms with Crippen molar-refractivity contribution >= 4 is 15.9 Å². The maximum atomic E-state index is 3.44. The van der Waals surface area contributed by atoms with E-state index >= 15 is 0 Å². The van der Waals surface area contributed by atoms with Crippen LogP contribution in [0.5, 0.6) is 0 Å². The van der Waals surface area contributed by atoms with Crippen LogP contribution in [0, 0.1) is 0 Å². The van der Waals surface area contributed by atoms with Gasteiger partial charge in [-0.1, -0.05) is 22.9 Å². The van der Waals surface area contributed by atoms with Gasteiger partial charge in [0.05, 0.1) is 12.1 Å². The maximum absolute atomic E-state index is 3.44. The summed E-state index contributed by atoms with van der Waals surface area (Å²) in [5.41, 5.74) is 1.22. The molecule has 15 heavy (non-hydrogen) atoms. The van der Waals surface area contributed by atoms with Crippen molar-refractivity contribution in [1.82, 2.24) is 4.98 Å². The number of aryl methyl sites for hydroxylation is 1. The van der Waals surface area contributed by atoms with Crippen LogP contribution in [-0.4, -0.2) is 4.98 Å². The molecule has 0 unspecified atom stereocenters. The molecule has 0 radical (unpaired) electrons. The molecule has 1 aromatic heterocycles. The molecule has 0 aliphatic carbocycles. The van der Waals surface area contributed by atoms with Crippen LogP contribution in [0.25, 0.3) is 11.4 Å². The summed E-state index contributed by atoms with van der Waals surface area (Å²) < 4.78 is 3.35. The van der Waals surface area contributed by atoms with Gasteiger partial charge in [0.25, 0.3) is 5.82 Å². The van der Waals surface area contributed by atoms with Gasteiger partial charge in [0.1, 0.15) is 12.4 Å². The molecule has 1 aromatic carbocycles. The molecule has 0 saturated carbocycles. The molecule has 1 heterocycles. The minimum absolute atomic E-state index is 1.05. The Morgan fingerprint density at radius 2 is 2.00 bits per heavy atom. The molecule has 0 saturated heterocycles. The van der Waals surface area contributed by atoms with Crippen molar-refractivity contribution in [2.24, 2.45) is 0 Å². The third kappa shape index (κ3) is 2.29. The fourth-order valence-corrected chi connectivity index (χ4v) is 1.91. The van der Waals surface area contributed by atoms with Gasteiger partial charge in [-0.05, 0) is 30.7 Å². The van der Waals surface area contributed by atoms with E-state index in [9.17, 15) is 0 Å². The number of benzene rings is 1. The van der Waals surface area contributed by atoms with Crippen molar-refractivity contribution in [1.29, 1.82) is 0 Å². The Labute approximate surface area is 98.1 Å². The third-order valence-corrected chi connectivity index (χ3v) is 2.87. The number of imidazole rings is 1. The van der Waals surface area contributed by atoms with Gasteiger partial charge in [-0.3, -0.25) is 0 Å². The van der Waals surface area contributed by atoms with Crippen molar-refractivity contribution < 1.29 is 4.57 Å². The molecule has 78 valence electrons. The SMILES string of the molecule is CCC[n+]1cc[nH]c1-c1ccc(Br)cc1. The molecule has 0 spiro atoms. The van der Waals surface area contributed by atoms with Crippen molar-refractivity contribution in [2.45, 2.75) is 19.9 Å². The summed E-state index contributed by atoms with van der Waals surface area (Å²) in [6.07, 6.45) is 5.21. The summed E-state index contributed by atoms with van der Waals surface area (Å²) in [6.45, 7) is 3.24. The summed E-state index contributed by atoms with van der Waals surface area (Å²) in [6, 6.07) is 8.35. The molecule has 0 aliphatic rings. The summed E-state index contributed by atoms with van der Waals surface area (Å²) >= 11 is 3.44. The van der Waals surface area contributed by atoms with Crippen LogP contribution in [0.4, 0.5) is 0 Å². The first-order valence-electron chi connectivity index (χ1n) is 5.14. The van der Waals surface area contributed by atoms with Gasteiger partial charge >= 0.3 is 0 Å². The molecule has 2 rings (SSSR count). The Balaban J connectivity index is 2.36. The molecule has 0 amide bonds. The zero-order chi connectivity index (χ0) is 10.7. The highest BCUT2D eigenvalue weighted by atomic mass is 79.9. The minimum atomic E-state index is 1.05. The van der Waals surface area contributed by atoms with Crippen LogP contribution >= 0.6 is 15.9 Å². The van der Waals surface area contributed by atoms with E-state index in [1.165, 1.54) is 11.4 Å². The average molecular weight is 266 g/mol. The first kappa shape index (κ1) is 10.4. The molecular weight excluding hydrogens is 252 g/mol. The summed E-state index contributed by atoms with van der Waals surface area (Å²) in [5.74, 6) is 1.17. The van der Waals surface area contributed by atoms with Crippen LogP contribution in [0.3, 0.4) is 0 Å². The van der Waals surface area contributed by atoms with Crippen LogP contribution < -0.4 is 4.57 Å².